The van der Waals surface area contributed by atoms with Gasteiger partial charge >= 0.3 is 0 Å². The summed E-state index contributed by atoms with van der Waals surface area (Å²) in [6.07, 6.45) is 1.33. The van der Waals surface area contributed by atoms with Crippen LogP contribution in [-0.4, -0.2) is 45.6 Å². The number of hydrogen-bond donors (Lipinski definition) is 1. The minimum absolute atomic E-state index is 0.0115. The van der Waals surface area contributed by atoms with E-state index in [1.807, 2.05) is 54.3 Å². The first kappa shape index (κ1) is 26.3. The van der Waals surface area contributed by atoms with Crippen molar-refractivity contribution in [2.45, 2.75) is 25.8 Å². The maximum atomic E-state index is 13.4. The SMILES string of the molecule is Cc1c(C(=O)NC2CCN(C(=O)c3ccccc3)CC2)nn(-c2ccc(Cl)cc2Cl)c1-c1ccc(Cl)cc1. The molecule has 1 saturated heterocycles. The third kappa shape index (κ3) is 5.44. The third-order valence-electron chi connectivity index (χ3n) is 6.73. The van der Waals surface area contributed by atoms with Gasteiger partial charge in [0.2, 0.25) is 0 Å². The van der Waals surface area contributed by atoms with Crippen LogP contribution in [0, 0.1) is 6.92 Å². The number of nitrogens with zero attached hydrogens (tertiary/aromatic N) is 3. The Labute approximate surface area is 236 Å². The molecule has 0 spiro atoms. The number of benzene rings is 3. The molecule has 0 unspecified atom stereocenters. The molecule has 6 nitrogen and oxygen atoms in total. The molecule has 1 aliphatic heterocycles. The summed E-state index contributed by atoms with van der Waals surface area (Å²) in [6.45, 7) is 3.01. The zero-order valence-corrected chi connectivity index (χ0v) is 22.9. The molecule has 0 bridgehead atoms. The minimum atomic E-state index is -0.269. The lowest BCUT2D eigenvalue weighted by Crippen LogP contribution is -2.46. The van der Waals surface area contributed by atoms with Crippen LogP contribution >= 0.6 is 34.8 Å². The van der Waals surface area contributed by atoms with Crippen molar-refractivity contribution in [2.75, 3.05) is 13.1 Å². The molecule has 3 aromatic carbocycles. The topological polar surface area (TPSA) is 67.2 Å². The monoisotopic (exact) mass is 566 g/mol. The van der Waals surface area contributed by atoms with Crippen molar-refractivity contribution < 1.29 is 9.59 Å². The second-order valence-electron chi connectivity index (χ2n) is 9.24. The summed E-state index contributed by atoms with van der Waals surface area (Å²) in [6, 6.07) is 21.7. The fourth-order valence-corrected chi connectivity index (χ4v) is 5.34. The molecular formula is C29H25Cl3N4O2. The van der Waals surface area contributed by atoms with E-state index in [0.717, 1.165) is 11.3 Å². The number of hydrogen-bond acceptors (Lipinski definition) is 3. The Bertz CT molecular complexity index is 1480. The molecular weight excluding hydrogens is 543 g/mol. The lowest BCUT2D eigenvalue weighted by molar-refractivity contribution is 0.0697. The Morgan fingerprint density at radius 3 is 2.21 bits per heavy atom. The Morgan fingerprint density at radius 1 is 0.895 bits per heavy atom. The van der Waals surface area contributed by atoms with Crippen molar-refractivity contribution >= 4 is 46.6 Å². The van der Waals surface area contributed by atoms with E-state index >= 15 is 0 Å². The van der Waals surface area contributed by atoms with Crippen molar-refractivity contribution in [3.63, 3.8) is 0 Å². The van der Waals surface area contributed by atoms with Gasteiger partial charge in [-0.3, -0.25) is 9.59 Å². The van der Waals surface area contributed by atoms with Crippen molar-refractivity contribution in [3.05, 3.63) is 105 Å². The molecule has 2 amide bonds. The molecule has 5 rings (SSSR count). The number of piperidine rings is 1. The molecule has 194 valence electrons. The van der Waals surface area contributed by atoms with Gasteiger partial charge in [0.1, 0.15) is 0 Å². The van der Waals surface area contributed by atoms with Gasteiger partial charge in [-0.25, -0.2) is 4.68 Å². The summed E-state index contributed by atoms with van der Waals surface area (Å²) in [5, 5.41) is 9.35. The van der Waals surface area contributed by atoms with Gasteiger partial charge < -0.3 is 10.2 Å². The van der Waals surface area contributed by atoms with E-state index in [1.54, 1.807) is 35.0 Å². The van der Waals surface area contributed by atoms with Crippen LogP contribution in [-0.2, 0) is 0 Å². The predicted octanol–water partition coefficient (Wildman–Crippen LogP) is 6.84. The first-order valence-corrected chi connectivity index (χ1v) is 13.4. The Kier molecular flexibility index (Phi) is 7.75. The Morgan fingerprint density at radius 2 is 1.55 bits per heavy atom. The average Bonchev–Trinajstić information content (AvgIpc) is 3.26. The molecule has 9 heteroatoms. The van der Waals surface area contributed by atoms with Gasteiger partial charge in [0.15, 0.2) is 5.69 Å². The first-order valence-electron chi connectivity index (χ1n) is 12.3. The van der Waals surface area contributed by atoms with Crippen molar-refractivity contribution in [1.82, 2.24) is 20.0 Å². The number of carbonyl (C=O) groups excluding carboxylic acids is 2. The zero-order valence-electron chi connectivity index (χ0n) is 20.6. The predicted molar refractivity (Wildman–Crippen MR) is 152 cm³/mol. The second-order valence-corrected chi connectivity index (χ2v) is 10.5. The molecule has 1 N–H and O–H groups in total. The van der Waals surface area contributed by atoms with Gasteiger partial charge in [0.05, 0.1) is 16.4 Å². The molecule has 0 radical (unpaired) electrons. The van der Waals surface area contributed by atoms with E-state index in [2.05, 4.69) is 5.32 Å². The van der Waals surface area contributed by atoms with E-state index in [9.17, 15) is 9.59 Å². The van der Waals surface area contributed by atoms with Crippen LogP contribution in [0.1, 0.15) is 39.3 Å². The quantitative estimate of drug-likeness (QED) is 0.287. The fourth-order valence-electron chi connectivity index (χ4n) is 4.73. The molecule has 2 heterocycles. The minimum Gasteiger partial charge on any atom is -0.348 e. The summed E-state index contributed by atoms with van der Waals surface area (Å²) in [4.78, 5) is 28.1. The summed E-state index contributed by atoms with van der Waals surface area (Å²) in [5.41, 5.74) is 3.88. The number of likely N-dealkylation sites (tertiary alicyclic amines) is 1. The maximum Gasteiger partial charge on any atom is 0.272 e. The number of nitrogens with one attached hydrogen (secondary N) is 1. The number of carbonyl (C=O) groups is 2. The van der Waals surface area contributed by atoms with Crippen molar-refractivity contribution in [1.29, 1.82) is 0 Å². The number of halogens is 3. The Balaban J connectivity index is 1.38. The van der Waals surface area contributed by atoms with Crippen LogP contribution in [0.4, 0.5) is 0 Å². The zero-order chi connectivity index (χ0) is 26.8. The van der Waals surface area contributed by atoms with E-state index in [4.69, 9.17) is 39.9 Å². The van der Waals surface area contributed by atoms with Gasteiger partial charge in [0, 0.05) is 45.9 Å². The van der Waals surface area contributed by atoms with Gasteiger partial charge in [0.25, 0.3) is 11.8 Å². The highest BCUT2D eigenvalue weighted by molar-refractivity contribution is 6.35. The average molecular weight is 568 g/mol. The third-order valence-corrected chi connectivity index (χ3v) is 7.52. The largest absolute Gasteiger partial charge is 0.348 e. The Hall–Kier alpha value is -3.32. The highest BCUT2D eigenvalue weighted by Gasteiger charge is 2.28. The van der Waals surface area contributed by atoms with Crippen LogP contribution in [0.3, 0.4) is 0 Å². The summed E-state index contributed by atoms with van der Waals surface area (Å²) in [7, 11) is 0. The molecule has 1 fully saturated rings. The normalized spacial score (nSPS) is 13.9. The van der Waals surface area contributed by atoms with E-state index in [1.165, 1.54) is 0 Å². The lowest BCUT2D eigenvalue weighted by Gasteiger charge is -2.32. The van der Waals surface area contributed by atoms with E-state index in [0.29, 0.717) is 63.5 Å². The van der Waals surface area contributed by atoms with Gasteiger partial charge in [-0.2, -0.15) is 5.10 Å². The highest BCUT2D eigenvalue weighted by atomic mass is 35.5. The summed E-state index contributed by atoms with van der Waals surface area (Å²) >= 11 is 18.8. The van der Waals surface area contributed by atoms with Crippen molar-refractivity contribution in [3.8, 4) is 16.9 Å². The van der Waals surface area contributed by atoms with Gasteiger partial charge in [-0.05, 0) is 62.2 Å². The van der Waals surface area contributed by atoms with Crippen LogP contribution < -0.4 is 5.32 Å². The van der Waals surface area contributed by atoms with Crippen LogP contribution in [0.25, 0.3) is 16.9 Å². The van der Waals surface area contributed by atoms with Crippen LogP contribution in [0.5, 0.6) is 0 Å². The fraction of sp³-hybridized carbons (Fsp3) is 0.207. The van der Waals surface area contributed by atoms with Gasteiger partial charge in [-0.15, -0.1) is 0 Å². The molecule has 0 aliphatic carbocycles. The second kappa shape index (κ2) is 11.2. The maximum absolute atomic E-state index is 13.4. The van der Waals surface area contributed by atoms with Crippen molar-refractivity contribution in [2.24, 2.45) is 0 Å². The summed E-state index contributed by atoms with van der Waals surface area (Å²) < 4.78 is 1.67. The van der Waals surface area contributed by atoms with Crippen LogP contribution in [0.15, 0.2) is 72.8 Å². The molecule has 0 atom stereocenters. The lowest BCUT2D eigenvalue weighted by atomic mass is 10.0. The van der Waals surface area contributed by atoms with E-state index in [-0.39, 0.29) is 17.9 Å². The van der Waals surface area contributed by atoms with E-state index < -0.39 is 0 Å². The van der Waals surface area contributed by atoms with Crippen LogP contribution in [0.2, 0.25) is 15.1 Å². The standard InChI is InChI=1S/C29H25Cl3N4O2/c1-18-26(28(37)33-23-13-15-35(16-14-23)29(38)20-5-3-2-4-6-20)34-36(25-12-11-22(31)17-24(25)32)27(18)19-7-9-21(30)10-8-19/h2-12,17,23H,13-16H2,1H3,(H,33,37). The molecule has 1 aromatic heterocycles. The first-order chi connectivity index (χ1) is 18.3. The molecule has 0 saturated carbocycles. The number of rotatable bonds is 5. The van der Waals surface area contributed by atoms with Gasteiger partial charge in [-0.1, -0.05) is 65.1 Å². The smallest absolute Gasteiger partial charge is 0.272 e. The molecule has 1 aliphatic rings. The molecule has 4 aromatic rings. The summed E-state index contributed by atoms with van der Waals surface area (Å²) in [5.74, 6) is -0.258. The number of amides is 2. The highest BCUT2D eigenvalue weighted by Crippen LogP contribution is 2.33. The molecule has 38 heavy (non-hydrogen) atoms. The number of aromatic nitrogens is 2.